The van der Waals surface area contributed by atoms with E-state index in [0.717, 1.165) is 36.7 Å². The predicted molar refractivity (Wildman–Crippen MR) is 83.7 cm³/mol. The van der Waals surface area contributed by atoms with E-state index in [-0.39, 0.29) is 12.0 Å². The van der Waals surface area contributed by atoms with Crippen molar-refractivity contribution in [2.45, 2.75) is 51.9 Å². The van der Waals surface area contributed by atoms with E-state index in [0.29, 0.717) is 13.1 Å². The van der Waals surface area contributed by atoms with Crippen molar-refractivity contribution in [3.05, 3.63) is 35.4 Å². The van der Waals surface area contributed by atoms with E-state index in [2.05, 4.69) is 15.1 Å². The molecule has 2 aromatic heterocycles. The molecule has 3 rings (SSSR count). The van der Waals surface area contributed by atoms with Gasteiger partial charge in [-0.05, 0) is 45.2 Å². The van der Waals surface area contributed by atoms with Crippen molar-refractivity contribution in [2.24, 2.45) is 0 Å². The number of anilines is 1. The first kappa shape index (κ1) is 16.7. The van der Waals surface area contributed by atoms with Gasteiger partial charge in [-0.25, -0.2) is 9.97 Å². The first-order valence-electron chi connectivity index (χ1n) is 8.02. The van der Waals surface area contributed by atoms with E-state index in [1.165, 1.54) is 6.20 Å². The van der Waals surface area contributed by atoms with E-state index in [1.807, 2.05) is 29.5 Å². The lowest BCUT2D eigenvalue weighted by Gasteiger charge is -2.36. The van der Waals surface area contributed by atoms with Gasteiger partial charge in [0.1, 0.15) is 5.69 Å². The van der Waals surface area contributed by atoms with E-state index in [4.69, 9.17) is 0 Å². The highest BCUT2D eigenvalue weighted by Crippen LogP contribution is 2.30. The molecule has 0 aromatic carbocycles. The van der Waals surface area contributed by atoms with Crippen LogP contribution in [0, 0.1) is 13.8 Å². The van der Waals surface area contributed by atoms with Crippen molar-refractivity contribution in [3.63, 3.8) is 0 Å². The smallest absolute Gasteiger partial charge is 0.336 e. The van der Waals surface area contributed by atoms with Crippen LogP contribution < -0.4 is 4.90 Å². The molecule has 0 spiro atoms. The number of halogens is 3. The second-order valence-corrected chi connectivity index (χ2v) is 6.19. The van der Waals surface area contributed by atoms with Gasteiger partial charge in [0.2, 0.25) is 5.95 Å². The van der Waals surface area contributed by atoms with Crippen LogP contribution in [0.4, 0.5) is 19.1 Å². The summed E-state index contributed by atoms with van der Waals surface area (Å²) in [5, 5.41) is 4.46. The second kappa shape index (κ2) is 6.41. The Morgan fingerprint density at radius 3 is 2.71 bits per heavy atom. The molecule has 8 heteroatoms. The lowest BCUT2D eigenvalue weighted by atomic mass is 10.0. The number of rotatable bonds is 3. The molecule has 0 radical (unpaired) electrons. The Morgan fingerprint density at radius 2 is 2.04 bits per heavy atom. The molecular formula is C16H20F3N5. The van der Waals surface area contributed by atoms with E-state index < -0.39 is 11.9 Å². The Hall–Kier alpha value is -2.12. The molecule has 0 amide bonds. The zero-order valence-electron chi connectivity index (χ0n) is 13.7. The second-order valence-electron chi connectivity index (χ2n) is 6.19. The molecule has 3 heterocycles. The maximum atomic E-state index is 12.9. The fourth-order valence-corrected chi connectivity index (χ4v) is 3.16. The molecule has 0 saturated carbocycles. The topological polar surface area (TPSA) is 46.8 Å². The van der Waals surface area contributed by atoms with Crippen LogP contribution in [0.15, 0.2) is 18.3 Å². The van der Waals surface area contributed by atoms with E-state index in [1.54, 1.807) is 0 Å². The normalized spacial score (nSPS) is 18.9. The molecule has 1 aliphatic rings. The lowest BCUT2D eigenvalue weighted by Crippen LogP contribution is -2.43. The zero-order valence-corrected chi connectivity index (χ0v) is 13.7. The molecule has 0 unspecified atom stereocenters. The van der Waals surface area contributed by atoms with Crippen molar-refractivity contribution in [1.29, 1.82) is 0 Å². The third-order valence-electron chi connectivity index (χ3n) is 4.30. The number of alkyl halides is 3. The summed E-state index contributed by atoms with van der Waals surface area (Å²) in [5.41, 5.74) is 1.08. The average molecular weight is 339 g/mol. The van der Waals surface area contributed by atoms with Crippen LogP contribution in [0.1, 0.15) is 36.3 Å². The minimum atomic E-state index is -4.46. The van der Waals surface area contributed by atoms with Gasteiger partial charge in [-0.2, -0.15) is 18.3 Å². The minimum Gasteiger partial charge on any atom is -0.336 e. The maximum absolute atomic E-state index is 12.9. The highest BCUT2D eigenvalue weighted by molar-refractivity contribution is 5.33. The molecule has 0 aliphatic carbocycles. The molecule has 1 saturated heterocycles. The molecule has 1 fully saturated rings. The van der Waals surface area contributed by atoms with Gasteiger partial charge in [0, 0.05) is 18.4 Å². The Labute approximate surface area is 138 Å². The molecule has 130 valence electrons. The number of piperidine rings is 1. The summed E-state index contributed by atoms with van der Waals surface area (Å²) in [6.07, 6.45) is -0.427. The number of hydrogen-bond donors (Lipinski definition) is 0. The van der Waals surface area contributed by atoms with E-state index >= 15 is 0 Å². The van der Waals surface area contributed by atoms with Crippen LogP contribution in [0.3, 0.4) is 0 Å². The predicted octanol–water partition coefficient (Wildman–Crippen LogP) is 3.37. The Morgan fingerprint density at radius 1 is 1.25 bits per heavy atom. The first-order valence-corrected chi connectivity index (χ1v) is 8.02. The third-order valence-corrected chi connectivity index (χ3v) is 4.30. The maximum Gasteiger partial charge on any atom is 0.433 e. The van der Waals surface area contributed by atoms with Crippen molar-refractivity contribution in [2.75, 3.05) is 11.4 Å². The molecule has 24 heavy (non-hydrogen) atoms. The highest BCUT2D eigenvalue weighted by atomic mass is 19.4. The van der Waals surface area contributed by atoms with Crippen molar-refractivity contribution < 1.29 is 13.2 Å². The molecule has 5 nitrogen and oxygen atoms in total. The fraction of sp³-hybridized carbons (Fsp3) is 0.562. The standard InChI is InChI=1S/C16H20F3N5/c1-11-9-12(2)24(22-11)10-13-5-3-4-8-23(13)15-20-7-6-14(21-15)16(17,18)19/h6-7,9,13H,3-5,8,10H2,1-2H3/t13-/m0/s1. The number of nitrogens with zero attached hydrogens (tertiary/aromatic N) is 5. The van der Waals surface area contributed by atoms with Gasteiger partial charge in [-0.15, -0.1) is 0 Å². The van der Waals surface area contributed by atoms with Gasteiger partial charge in [0.05, 0.1) is 18.3 Å². The minimum absolute atomic E-state index is 0.0419. The Kier molecular flexibility index (Phi) is 4.47. The lowest BCUT2D eigenvalue weighted by molar-refractivity contribution is -0.141. The Bertz CT molecular complexity index is 710. The quantitative estimate of drug-likeness (QED) is 0.860. The van der Waals surface area contributed by atoms with Gasteiger partial charge >= 0.3 is 6.18 Å². The fourth-order valence-electron chi connectivity index (χ4n) is 3.16. The van der Waals surface area contributed by atoms with Crippen molar-refractivity contribution in [1.82, 2.24) is 19.7 Å². The monoisotopic (exact) mass is 339 g/mol. The zero-order chi connectivity index (χ0) is 17.3. The van der Waals surface area contributed by atoms with Crippen LogP contribution in [-0.2, 0) is 12.7 Å². The van der Waals surface area contributed by atoms with E-state index in [9.17, 15) is 13.2 Å². The molecule has 0 N–H and O–H groups in total. The van der Waals surface area contributed by atoms with Crippen LogP contribution >= 0.6 is 0 Å². The molecular weight excluding hydrogens is 319 g/mol. The van der Waals surface area contributed by atoms with Gasteiger partial charge in [-0.1, -0.05) is 0 Å². The van der Waals surface area contributed by atoms with Crippen LogP contribution in [0.2, 0.25) is 0 Å². The SMILES string of the molecule is Cc1cc(C)n(C[C@@H]2CCCCN2c2nccc(C(F)(F)F)n2)n1. The summed E-state index contributed by atoms with van der Waals surface area (Å²) in [4.78, 5) is 9.71. The molecule has 0 bridgehead atoms. The summed E-state index contributed by atoms with van der Waals surface area (Å²) in [6.45, 7) is 5.19. The van der Waals surface area contributed by atoms with Crippen LogP contribution in [0.5, 0.6) is 0 Å². The summed E-state index contributed by atoms with van der Waals surface area (Å²) in [7, 11) is 0. The largest absolute Gasteiger partial charge is 0.433 e. The van der Waals surface area contributed by atoms with Gasteiger partial charge in [0.25, 0.3) is 0 Å². The van der Waals surface area contributed by atoms with Crippen LogP contribution in [-0.4, -0.2) is 32.3 Å². The number of aromatic nitrogens is 4. The molecule has 1 aliphatic heterocycles. The van der Waals surface area contributed by atoms with Crippen molar-refractivity contribution in [3.8, 4) is 0 Å². The summed E-state index contributed by atoms with van der Waals surface area (Å²) >= 11 is 0. The number of aryl methyl sites for hydroxylation is 2. The molecule has 1 atom stereocenters. The van der Waals surface area contributed by atoms with Crippen LogP contribution in [0.25, 0.3) is 0 Å². The number of hydrogen-bond acceptors (Lipinski definition) is 4. The van der Waals surface area contributed by atoms with Gasteiger partial charge < -0.3 is 4.90 Å². The summed E-state index contributed by atoms with van der Waals surface area (Å²) < 4.78 is 40.6. The first-order chi connectivity index (χ1) is 11.3. The van der Waals surface area contributed by atoms with Gasteiger partial charge in [0.15, 0.2) is 0 Å². The Balaban J connectivity index is 1.86. The highest BCUT2D eigenvalue weighted by Gasteiger charge is 2.34. The van der Waals surface area contributed by atoms with Gasteiger partial charge in [-0.3, -0.25) is 4.68 Å². The third kappa shape index (κ3) is 3.52. The van der Waals surface area contributed by atoms with Crippen molar-refractivity contribution >= 4 is 5.95 Å². The average Bonchev–Trinajstić information content (AvgIpc) is 2.85. The molecule has 2 aromatic rings. The summed E-state index contributed by atoms with van der Waals surface area (Å²) in [5.74, 6) is 0.149. The summed E-state index contributed by atoms with van der Waals surface area (Å²) in [6, 6.07) is 2.94.